The SMILES string of the molecule is CCOC(=O)c1cnn(-c2nc3cc(C)c(Oc4c(C)cccc4C)cc3c(=O)[nH]2)c1. The summed E-state index contributed by atoms with van der Waals surface area (Å²) in [5.41, 5.74) is 3.30. The van der Waals surface area contributed by atoms with Gasteiger partial charge in [0.15, 0.2) is 0 Å². The van der Waals surface area contributed by atoms with Crippen LogP contribution < -0.4 is 10.3 Å². The molecule has 31 heavy (non-hydrogen) atoms. The van der Waals surface area contributed by atoms with Gasteiger partial charge in [-0.15, -0.1) is 0 Å². The molecule has 0 radical (unpaired) electrons. The zero-order valence-electron chi connectivity index (χ0n) is 17.7. The second-order valence-electron chi connectivity index (χ2n) is 7.24. The molecule has 0 fully saturated rings. The molecule has 4 aromatic rings. The Morgan fingerprint density at radius 2 is 1.87 bits per heavy atom. The highest BCUT2D eigenvalue weighted by molar-refractivity contribution is 5.88. The third-order valence-electron chi connectivity index (χ3n) is 4.92. The molecule has 0 unspecified atom stereocenters. The van der Waals surface area contributed by atoms with Crippen molar-refractivity contribution >= 4 is 16.9 Å². The van der Waals surface area contributed by atoms with Crippen LogP contribution in [0.3, 0.4) is 0 Å². The van der Waals surface area contributed by atoms with E-state index in [1.54, 1.807) is 19.1 Å². The van der Waals surface area contributed by atoms with Gasteiger partial charge in [-0.3, -0.25) is 9.78 Å². The topological polar surface area (TPSA) is 99.1 Å². The number of para-hydroxylation sites is 1. The number of hydrogen-bond acceptors (Lipinski definition) is 6. The molecule has 0 atom stereocenters. The number of rotatable bonds is 5. The molecular weight excluding hydrogens is 396 g/mol. The Morgan fingerprint density at radius 1 is 1.13 bits per heavy atom. The minimum absolute atomic E-state index is 0.205. The molecule has 158 valence electrons. The van der Waals surface area contributed by atoms with Gasteiger partial charge >= 0.3 is 5.97 Å². The summed E-state index contributed by atoms with van der Waals surface area (Å²) in [6, 6.07) is 9.43. The molecule has 8 heteroatoms. The van der Waals surface area contributed by atoms with Crippen molar-refractivity contribution in [1.82, 2.24) is 19.7 Å². The highest BCUT2D eigenvalue weighted by Crippen LogP contribution is 2.32. The summed E-state index contributed by atoms with van der Waals surface area (Å²) in [7, 11) is 0. The summed E-state index contributed by atoms with van der Waals surface area (Å²) in [4.78, 5) is 31.9. The first-order valence-electron chi connectivity index (χ1n) is 9.88. The molecule has 2 heterocycles. The van der Waals surface area contributed by atoms with Crippen LogP contribution in [0.5, 0.6) is 11.5 Å². The van der Waals surface area contributed by atoms with Crippen molar-refractivity contribution in [3.63, 3.8) is 0 Å². The van der Waals surface area contributed by atoms with Crippen LogP contribution in [-0.4, -0.2) is 32.3 Å². The number of nitrogens with zero attached hydrogens (tertiary/aromatic N) is 3. The number of benzene rings is 2. The average Bonchev–Trinajstić information content (AvgIpc) is 3.22. The van der Waals surface area contributed by atoms with Crippen LogP contribution in [0.2, 0.25) is 0 Å². The Labute approximate surface area is 178 Å². The first kappa shape index (κ1) is 20.3. The zero-order chi connectivity index (χ0) is 22.1. The molecule has 1 N–H and O–H groups in total. The summed E-state index contributed by atoms with van der Waals surface area (Å²) in [5.74, 6) is 1.08. The number of ether oxygens (including phenoxy) is 2. The summed E-state index contributed by atoms with van der Waals surface area (Å²) in [6.07, 6.45) is 2.84. The van der Waals surface area contributed by atoms with Crippen LogP contribution in [-0.2, 0) is 4.74 Å². The van der Waals surface area contributed by atoms with Gasteiger partial charge in [-0.25, -0.2) is 14.5 Å². The van der Waals surface area contributed by atoms with Gasteiger partial charge in [0, 0.05) is 6.20 Å². The first-order chi connectivity index (χ1) is 14.9. The predicted octanol–water partition coefficient (Wildman–Crippen LogP) is 4.00. The molecule has 0 aliphatic carbocycles. The average molecular weight is 418 g/mol. The van der Waals surface area contributed by atoms with Crippen molar-refractivity contribution in [3.8, 4) is 17.4 Å². The lowest BCUT2D eigenvalue weighted by molar-refractivity contribution is 0.0526. The number of aromatic nitrogens is 4. The Kier molecular flexibility index (Phi) is 5.29. The fraction of sp³-hybridized carbons (Fsp3) is 0.217. The van der Waals surface area contributed by atoms with E-state index in [1.165, 1.54) is 17.1 Å². The van der Waals surface area contributed by atoms with Crippen LogP contribution in [0.25, 0.3) is 16.9 Å². The molecule has 2 aromatic heterocycles. The number of carbonyl (C=O) groups is 1. The standard InChI is InChI=1S/C23H22N4O4/c1-5-30-22(29)16-11-24-27(12-16)23-25-18-9-15(4)19(10-17(18)21(28)26-23)31-20-13(2)7-6-8-14(20)3/h6-12H,5H2,1-4H3,(H,25,26,28). The first-order valence-corrected chi connectivity index (χ1v) is 9.88. The van der Waals surface area contributed by atoms with Crippen molar-refractivity contribution < 1.29 is 14.3 Å². The lowest BCUT2D eigenvalue weighted by atomic mass is 10.1. The number of esters is 1. The highest BCUT2D eigenvalue weighted by Gasteiger charge is 2.15. The van der Waals surface area contributed by atoms with Crippen LogP contribution in [0.1, 0.15) is 34.0 Å². The number of nitrogens with one attached hydrogen (secondary N) is 1. The monoisotopic (exact) mass is 418 g/mol. The van der Waals surface area contributed by atoms with Gasteiger partial charge in [-0.05, 0) is 56.5 Å². The molecule has 0 aliphatic rings. The van der Waals surface area contributed by atoms with E-state index in [9.17, 15) is 9.59 Å². The van der Waals surface area contributed by atoms with E-state index in [0.29, 0.717) is 16.7 Å². The van der Waals surface area contributed by atoms with Crippen molar-refractivity contribution in [2.45, 2.75) is 27.7 Å². The van der Waals surface area contributed by atoms with Gasteiger partial charge in [0.05, 0.1) is 29.3 Å². The molecule has 0 amide bonds. The molecule has 2 aromatic carbocycles. The zero-order valence-corrected chi connectivity index (χ0v) is 17.7. The van der Waals surface area contributed by atoms with E-state index in [2.05, 4.69) is 15.1 Å². The maximum absolute atomic E-state index is 12.8. The third-order valence-corrected chi connectivity index (χ3v) is 4.92. The highest BCUT2D eigenvalue weighted by atomic mass is 16.5. The minimum atomic E-state index is -0.485. The molecule has 0 saturated heterocycles. The summed E-state index contributed by atoms with van der Waals surface area (Å²) < 4.78 is 12.5. The summed E-state index contributed by atoms with van der Waals surface area (Å²) in [5, 5.41) is 4.51. The van der Waals surface area contributed by atoms with Crippen LogP contribution in [0.15, 0.2) is 47.5 Å². The summed E-state index contributed by atoms with van der Waals surface area (Å²) in [6.45, 7) is 7.85. The van der Waals surface area contributed by atoms with Crippen molar-refractivity contribution in [2.75, 3.05) is 6.61 Å². The largest absolute Gasteiger partial charge is 0.462 e. The van der Waals surface area contributed by atoms with Crippen molar-refractivity contribution in [2.24, 2.45) is 0 Å². The van der Waals surface area contributed by atoms with Gasteiger partial charge in [0.25, 0.3) is 5.56 Å². The second kappa shape index (κ2) is 8.06. The van der Waals surface area contributed by atoms with Crippen molar-refractivity contribution in [1.29, 1.82) is 0 Å². The van der Waals surface area contributed by atoms with Gasteiger partial charge in [0.2, 0.25) is 5.95 Å². The van der Waals surface area contributed by atoms with Crippen LogP contribution in [0.4, 0.5) is 0 Å². The quantitative estimate of drug-likeness (QED) is 0.492. The van der Waals surface area contributed by atoms with E-state index < -0.39 is 5.97 Å². The number of carbonyl (C=O) groups excluding carboxylic acids is 1. The van der Waals surface area contributed by atoms with E-state index in [0.717, 1.165) is 22.4 Å². The Hall–Kier alpha value is -3.94. The van der Waals surface area contributed by atoms with Crippen LogP contribution >= 0.6 is 0 Å². The van der Waals surface area contributed by atoms with Crippen molar-refractivity contribution in [3.05, 3.63) is 75.3 Å². The smallest absolute Gasteiger partial charge is 0.341 e. The predicted molar refractivity (Wildman–Crippen MR) is 116 cm³/mol. The van der Waals surface area contributed by atoms with E-state index in [1.807, 2.05) is 39.0 Å². The number of hydrogen-bond donors (Lipinski definition) is 1. The molecule has 0 saturated carbocycles. The lowest BCUT2D eigenvalue weighted by Gasteiger charge is -2.14. The van der Waals surface area contributed by atoms with Gasteiger partial charge in [-0.1, -0.05) is 18.2 Å². The Morgan fingerprint density at radius 3 is 2.58 bits per heavy atom. The number of aryl methyl sites for hydroxylation is 3. The molecule has 0 spiro atoms. The lowest BCUT2D eigenvalue weighted by Crippen LogP contribution is -2.14. The van der Waals surface area contributed by atoms with E-state index in [4.69, 9.17) is 9.47 Å². The normalized spacial score (nSPS) is 11.0. The molecule has 4 rings (SSSR count). The number of aromatic amines is 1. The number of H-pyrrole nitrogens is 1. The molecule has 0 aliphatic heterocycles. The fourth-order valence-electron chi connectivity index (χ4n) is 3.31. The fourth-order valence-corrected chi connectivity index (χ4v) is 3.31. The van der Waals surface area contributed by atoms with E-state index >= 15 is 0 Å². The van der Waals surface area contributed by atoms with Gasteiger partial charge in [-0.2, -0.15) is 5.10 Å². The molecular formula is C23H22N4O4. The Bertz CT molecular complexity index is 1330. The maximum Gasteiger partial charge on any atom is 0.341 e. The van der Waals surface area contributed by atoms with E-state index in [-0.39, 0.29) is 23.7 Å². The summed E-state index contributed by atoms with van der Waals surface area (Å²) >= 11 is 0. The second-order valence-corrected chi connectivity index (χ2v) is 7.24. The van der Waals surface area contributed by atoms with Crippen LogP contribution in [0, 0.1) is 20.8 Å². The number of fused-ring (bicyclic) bond motifs is 1. The van der Waals surface area contributed by atoms with Gasteiger partial charge < -0.3 is 9.47 Å². The van der Waals surface area contributed by atoms with Gasteiger partial charge in [0.1, 0.15) is 11.5 Å². The molecule has 0 bridgehead atoms. The minimum Gasteiger partial charge on any atom is -0.462 e. The Balaban J connectivity index is 1.73. The third kappa shape index (κ3) is 3.92. The maximum atomic E-state index is 12.8. The molecule has 8 nitrogen and oxygen atoms in total.